The van der Waals surface area contributed by atoms with Crippen LogP contribution in [0.3, 0.4) is 0 Å². The van der Waals surface area contributed by atoms with Crippen molar-refractivity contribution in [3.05, 3.63) is 47.0 Å². The van der Waals surface area contributed by atoms with Crippen molar-refractivity contribution in [2.75, 3.05) is 26.2 Å². The van der Waals surface area contributed by atoms with E-state index in [1.165, 1.54) is 38.4 Å². The number of aryl methyl sites for hydroxylation is 2. The summed E-state index contributed by atoms with van der Waals surface area (Å²) in [5, 5.41) is 4.39. The van der Waals surface area contributed by atoms with E-state index < -0.39 is 0 Å². The molecule has 2 fully saturated rings. The molecule has 0 saturated carbocycles. The average Bonchev–Trinajstić information content (AvgIpc) is 3.35. The Morgan fingerprint density at radius 2 is 1.86 bits per heavy atom. The number of carbonyl (C=O) groups is 1. The normalized spacial score (nSPS) is 20.4. The maximum atomic E-state index is 14.5. The summed E-state index contributed by atoms with van der Waals surface area (Å²) in [6.45, 7) is 8.00. The van der Waals surface area contributed by atoms with Gasteiger partial charge in [-0.1, -0.05) is 0 Å². The van der Waals surface area contributed by atoms with Crippen LogP contribution in [0.5, 0.6) is 0 Å². The molecule has 0 N–H and O–H groups in total. The minimum absolute atomic E-state index is 0.0129. The number of piperidine rings is 1. The van der Waals surface area contributed by atoms with Crippen LogP contribution in [0.2, 0.25) is 0 Å². The molecule has 1 atom stereocenters. The van der Waals surface area contributed by atoms with E-state index in [1.54, 1.807) is 16.8 Å². The Hall–Kier alpha value is -2.21. The van der Waals surface area contributed by atoms with E-state index in [9.17, 15) is 9.18 Å². The lowest BCUT2D eigenvalue weighted by molar-refractivity contribution is 0.0588. The molecular formula is C23H31FN4O. The fourth-order valence-corrected chi connectivity index (χ4v) is 4.75. The van der Waals surface area contributed by atoms with E-state index in [1.807, 2.05) is 24.8 Å². The minimum atomic E-state index is -0.364. The molecule has 2 saturated heterocycles. The number of amides is 1. The highest BCUT2D eigenvalue weighted by Crippen LogP contribution is 2.25. The van der Waals surface area contributed by atoms with Crippen molar-refractivity contribution >= 4 is 5.91 Å². The van der Waals surface area contributed by atoms with E-state index in [0.29, 0.717) is 11.3 Å². The monoisotopic (exact) mass is 398 g/mol. The van der Waals surface area contributed by atoms with Crippen molar-refractivity contribution in [2.24, 2.45) is 0 Å². The molecule has 3 heterocycles. The van der Waals surface area contributed by atoms with Crippen LogP contribution < -0.4 is 0 Å². The molecule has 6 heteroatoms. The number of halogens is 1. The van der Waals surface area contributed by atoms with E-state index in [0.717, 1.165) is 43.7 Å². The Bertz CT molecular complexity index is 872. The minimum Gasteiger partial charge on any atom is -0.336 e. The number of hydrogen-bond donors (Lipinski definition) is 0. The average molecular weight is 399 g/mol. The number of likely N-dealkylation sites (tertiary alicyclic amines) is 2. The molecule has 4 rings (SSSR count). The first kappa shape index (κ1) is 20.1. The van der Waals surface area contributed by atoms with Crippen molar-refractivity contribution in [2.45, 2.75) is 58.4 Å². The zero-order chi connectivity index (χ0) is 20.4. The van der Waals surface area contributed by atoms with Crippen molar-refractivity contribution in [1.82, 2.24) is 19.6 Å². The van der Waals surface area contributed by atoms with Crippen LogP contribution in [0, 0.1) is 19.7 Å². The van der Waals surface area contributed by atoms with Crippen LogP contribution in [0.4, 0.5) is 4.39 Å². The molecule has 1 aromatic carbocycles. The number of nitrogens with zero attached hydrogens (tertiary/aromatic N) is 4. The summed E-state index contributed by atoms with van der Waals surface area (Å²) in [5.74, 6) is -0.351. The second kappa shape index (κ2) is 8.66. The predicted molar refractivity (Wildman–Crippen MR) is 112 cm³/mol. The standard InChI is InChI=1S/C23H31FN4O/c1-17-15-18(2)28(25-17)22-16-19(8-9-21(22)24)23(29)27-13-4-3-7-20(27)10-14-26-11-5-6-12-26/h8-9,15-16,20H,3-7,10-14H2,1-2H3/t20-/m1/s1. The summed E-state index contributed by atoms with van der Waals surface area (Å²) in [4.78, 5) is 17.9. The Morgan fingerprint density at radius 3 is 2.59 bits per heavy atom. The van der Waals surface area contributed by atoms with Gasteiger partial charge in [-0.15, -0.1) is 0 Å². The summed E-state index contributed by atoms with van der Waals surface area (Å²) in [7, 11) is 0. The largest absolute Gasteiger partial charge is 0.336 e. The summed E-state index contributed by atoms with van der Waals surface area (Å²) < 4.78 is 16.1. The van der Waals surface area contributed by atoms with Gasteiger partial charge < -0.3 is 9.80 Å². The first-order valence-corrected chi connectivity index (χ1v) is 10.9. The zero-order valence-electron chi connectivity index (χ0n) is 17.5. The van der Waals surface area contributed by atoms with Gasteiger partial charge in [-0.25, -0.2) is 9.07 Å². The fourth-order valence-electron chi connectivity index (χ4n) is 4.75. The SMILES string of the molecule is Cc1cc(C)n(-c2cc(C(=O)N3CCCC[C@@H]3CCN3CCCC3)ccc2F)n1. The molecule has 2 aliphatic rings. The molecule has 1 aromatic heterocycles. The topological polar surface area (TPSA) is 41.4 Å². The van der Waals surface area contributed by atoms with E-state index in [-0.39, 0.29) is 17.8 Å². The first-order chi connectivity index (χ1) is 14.0. The third-order valence-corrected chi connectivity index (χ3v) is 6.30. The van der Waals surface area contributed by atoms with Gasteiger partial charge in [-0.2, -0.15) is 5.10 Å². The molecule has 2 aromatic rings. The number of aromatic nitrogens is 2. The zero-order valence-corrected chi connectivity index (χ0v) is 17.5. The van der Waals surface area contributed by atoms with Crippen LogP contribution in [0.25, 0.3) is 5.69 Å². The third-order valence-electron chi connectivity index (χ3n) is 6.30. The molecule has 0 aliphatic carbocycles. The van der Waals surface area contributed by atoms with Crippen molar-refractivity contribution in [3.8, 4) is 5.69 Å². The Labute approximate surface area is 172 Å². The van der Waals surface area contributed by atoms with Gasteiger partial charge in [-0.05, 0) is 89.7 Å². The van der Waals surface area contributed by atoms with Crippen molar-refractivity contribution < 1.29 is 9.18 Å². The van der Waals surface area contributed by atoms with Crippen LogP contribution >= 0.6 is 0 Å². The van der Waals surface area contributed by atoms with Gasteiger partial charge in [-0.3, -0.25) is 4.79 Å². The predicted octanol–water partition coefficient (Wildman–Crippen LogP) is 4.11. The Kier molecular flexibility index (Phi) is 5.99. The lowest BCUT2D eigenvalue weighted by Gasteiger charge is -2.37. The molecule has 0 bridgehead atoms. The maximum absolute atomic E-state index is 14.5. The number of benzene rings is 1. The van der Waals surface area contributed by atoms with E-state index >= 15 is 0 Å². The number of rotatable bonds is 5. The smallest absolute Gasteiger partial charge is 0.254 e. The van der Waals surface area contributed by atoms with E-state index in [2.05, 4.69) is 10.00 Å². The van der Waals surface area contributed by atoms with Crippen LogP contribution in [-0.2, 0) is 0 Å². The highest BCUT2D eigenvalue weighted by Gasteiger charge is 2.28. The fraction of sp³-hybridized carbons (Fsp3) is 0.565. The van der Waals surface area contributed by atoms with Gasteiger partial charge in [0.2, 0.25) is 0 Å². The first-order valence-electron chi connectivity index (χ1n) is 10.9. The third kappa shape index (κ3) is 4.37. The van der Waals surface area contributed by atoms with Crippen molar-refractivity contribution in [3.63, 3.8) is 0 Å². The number of carbonyl (C=O) groups excluding carboxylic acids is 1. The molecule has 1 amide bonds. The Balaban J connectivity index is 1.54. The van der Waals surface area contributed by atoms with E-state index in [4.69, 9.17) is 0 Å². The summed E-state index contributed by atoms with van der Waals surface area (Å²) in [5.41, 5.74) is 2.57. The van der Waals surface area contributed by atoms with Gasteiger partial charge in [0.25, 0.3) is 5.91 Å². The molecule has 29 heavy (non-hydrogen) atoms. The molecule has 2 aliphatic heterocycles. The lowest BCUT2D eigenvalue weighted by atomic mass is 9.97. The molecule has 0 radical (unpaired) electrons. The molecule has 0 spiro atoms. The Morgan fingerprint density at radius 1 is 1.10 bits per heavy atom. The summed E-state index contributed by atoms with van der Waals surface area (Å²) in [6, 6.07) is 6.84. The van der Waals surface area contributed by atoms with Gasteiger partial charge in [0, 0.05) is 30.4 Å². The van der Waals surface area contributed by atoms with Gasteiger partial charge >= 0.3 is 0 Å². The highest BCUT2D eigenvalue weighted by atomic mass is 19.1. The van der Waals surface area contributed by atoms with Gasteiger partial charge in [0.05, 0.1) is 5.69 Å². The second-order valence-electron chi connectivity index (χ2n) is 8.49. The second-order valence-corrected chi connectivity index (χ2v) is 8.49. The van der Waals surface area contributed by atoms with Crippen LogP contribution in [-0.4, -0.2) is 57.7 Å². The maximum Gasteiger partial charge on any atom is 0.254 e. The van der Waals surface area contributed by atoms with Gasteiger partial charge in [0.15, 0.2) is 0 Å². The van der Waals surface area contributed by atoms with Gasteiger partial charge in [0.1, 0.15) is 11.5 Å². The molecular weight excluding hydrogens is 367 g/mol. The quantitative estimate of drug-likeness (QED) is 0.761. The number of hydrogen-bond acceptors (Lipinski definition) is 3. The lowest BCUT2D eigenvalue weighted by Crippen LogP contribution is -2.45. The molecule has 5 nitrogen and oxygen atoms in total. The van der Waals surface area contributed by atoms with Crippen LogP contribution in [0.1, 0.15) is 60.3 Å². The summed E-state index contributed by atoms with van der Waals surface area (Å²) >= 11 is 0. The molecule has 156 valence electrons. The highest BCUT2D eigenvalue weighted by molar-refractivity contribution is 5.95. The van der Waals surface area contributed by atoms with Crippen molar-refractivity contribution in [1.29, 1.82) is 0 Å². The summed E-state index contributed by atoms with van der Waals surface area (Å²) in [6.07, 6.45) is 6.88. The molecule has 0 unspecified atom stereocenters. The van der Waals surface area contributed by atoms with Crippen LogP contribution in [0.15, 0.2) is 24.3 Å².